The van der Waals surface area contributed by atoms with Crippen molar-refractivity contribution in [3.05, 3.63) is 18.2 Å². The van der Waals surface area contributed by atoms with Crippen molar-refractivity contribution >= 4 is 22.8 Å². The average molecular weight is 274 g/mol. The van der Waals surface area contributed by atoms with Crippen LogP contribution in [0.25, 0.3) is 11.1 Å². The number of hydrogen-bond acceptors (Lipinski definition) is 5. The van der Waals surface area contributed by atoms with E-state index in [0.717, 1.165) is 24.2 Å². The van der Waals surface area contributed by atoms with Crippen molar-refractivity contribution in [1.82, 2.24) is 9.88 Å². The third-order valence-electron chi connectivity index (χ3n) is 4.11. The van der Waals surface area contributed by atoms with Crippen molar-refractivity contribution in [3.8, 4) is 0 Å². The third kappa shape index (κ3) is 2.88. The van der Waals surface area contributed by atoms with Crippen LogP contribution in [0.3, 0.4) is 0 Å². The molecule has 0 radical (unpaired) electrons. The van der Waals surface area contributed by atoms with Crippen LogP contribution in [0, 0.1) is 5.92 Å². The van der Waals surface area contributed by atoms with E-state index in [0.29, 0.717) is 17.6 Å². The fourth-order valence-corrected chi connectivity index (χ4v) is 2.76. The van der Waals surface area contributed by atoms with Gasteiger partial charge in [-0.1, -0.05) is 6.92 Å². The van der Waals surface area contributed by atoms with E-state index in [2.05, 4.69) is 22.1 Å². The second kappa shape index (κ2) is 5.71. The summed E-state index contributed by atoms with van der Waals surface area (Å²) in [6, 6.07) is 6.13. The number of nitrogens with zero attached hydrogens (tertiary/aromatic N) is 2. The number of nitrogen functional groups attached to an aromatic ring is 1. The van der Waals surface area contributed by atoms with E-state index in [1.54, 1.807) is 0 Å². The summed E-state index contributed by atoms with van der Waals surface area (Å²) in [4.78, 5) is 6.92. The normalized spacial score (nSPS) is 17.6. The second-order valence-electron chi connectivity index (χ2n) is 5.50. The molecule has 1 aromatic heterocycles. The van der Waals surface area contributed by atoms with Crippen molar-refractivity contribution in [2.45, 2.75) is 19.8 Å². The summed E-state index contributed by atoms with van der Waals surface area (Å²) in [5.41, 5.74) is 8.05. The van der Waals surface area contributed by atoms with E-state index < -0.39 is 0 Å². The predicted molar refractivity (Wildman–Crippen MR) is 81.7 cm³/mol. The highest BCUT2D eigenvalue weighted by molar-refractivity contribution is 5.78. The van der Waals surface area contributed by atoms with E-state index in [9.17, 15) is 0 Å². The van der Waals surface area contributed by atoms with Crippen LogP contribution < -0.4 is 11.1 Å². The molecular weight excluding hydrogens is 252 g/mol. The van der Waals surface area contributed by atoms with E-state index in [1.807, 2.05) is 18.2 Å². The van der Waals surface area contributed by atoms with Gasteiger partial charge in [0, 0.05) is 12.2 Å². The number of likely N-dealkylation sites (tertiary alicyclic amines) is 1. The molecule has 0 unspecified atom stereocenters. The molecule has 0 bridgehead atoms. The van der Waals surface area contributed by atoms with E-state index in [4.69, 9.17) is 10.2 Å². The number of aromatic nitrogens is 1. The SMILES string of the molecule is CCN1CCC(CNc2nc3cc(N)ccc3o2)CC1. The third-order valence-corrected chi connectivity index (χ3v) is 4.11. The summed E-state index contributed by atoms with van der Waals surface area (Å²) in [5.74, 6) is 0.706. The lowest BCUT2D eigenvalue weighted by Crippen LogP contribution is -2.35. The molecular formula is C15H22N4O. The molecule has 1 fully saturated rings. The van der Waals surface area contributed by atoms with Gasteiger partial charge in [-0.15, -0.1) is 0 Å². The summed E-state index contributed by atoms with van der Waals surface area (Å²) < 4.78 is 5.67. The Hall–Kier alpha value is -1.75. The Kier molecular flexibility index (Phi) is 3.78. The maximum atomic E-state index is 5.74. The molecule has 1 saturated heterocycles. The number of anilines is 2. The lowest BCUT2D eigenvalue weighted by molar-refractivity contribution is 0.197. The monoisotopic (exact) mass is 274 g/mol. The zero-order chi connectivity index (χ0) is 13.9. The molecule has 0 amide bonds. The molecule has 1 aromatic carbocycles. The van der Waals surface area contributed by atoms with Gasteiger partial charge in [0.1, 0.15) is 5.52 Å². The van der Waals surface area contributed by atoms with Gasteiger partial charge < -0.3 is 20.4 Å². The highest BCUT2D eigenvalue weighted by Gasteiger charge is 2.18. The molecule has 1 aliphatic rings. The molecule has 0 atom stereocenters. The molecule has 2 heterocycles. The summed E-state index contributed by atoms with van der Waals surface area (Å²) in [5, 5.41) is 3.32. The highest BCUT2D eigenvalue weighted by Crippen LogP contribution is 2.22. The molecule has 3 rings (SSSR count). The van der Waals surface area contributed by atoms with Crippen LogP contribution in [0.15, 0.2) is 22.6 Å². The number of hydrogen-bond donors (Lipinski definition) is 2. The van der Waals surface area contributed by atoms with Crippen molar-refractivity contribution in [2.75, 3.05) is 37.2 Å². The summed E-state index contributed by atoms with van der Waals surface area (Å²) in [7, 11) is 0. The number of benzene rings is 1. The minimum atomic E-state index is 0.600. The van der Waals surface area contributed by atoms with Crippen molar-refractivity contribution in [2.24, 2.45) is 5.92 Å². The standard InChI is InChI=1S/C15H22N4O/c1-2-19-7-5-11(6-8-19)10-17-15-18-13-9-12(16)3-4-14(13)20-15/h3-4,9,11H,2,5-8,10,16H2,1H3,(H,17,18). The van der Waals surface area contributed by atoms with Gasteiger partial charge in [-0.05, 0) is 56.6 Å². The second-order valence-corrected chi connectivity index (χ2v) is 5.50. The topological polar surface area (TPSA) is 67.3 Å². The average Bonchev–Trinajstić information content (AvgIpc) is 2.87. The molecule has 20 heavy (non-hydrogen) atoms. The van der Waals surface area contributed by atoms with Crippen LogP contribution in [-0.2, 0) is 0 Å². The Labute approximate surface area is 119 Å². The van der Waals surface area contributed by atoms with Crippen LogP contribution in [0.5, 0.6) is 0 Å². The number of rotatable bonds is 4. The molecule has 5 heteroatoms. The minimum absolute atomic E-state index is 0.600. The molecule has 1 aliphatic heterocycles. The maximum Gasteiger partial charge on any atom is 0.295 e. The molecule has 0 saturated carbocycles. The van der Waals surface area contributed by atoms with Gasteiger partial charge in [0.05, 0.1) is 0 Å². The summed E-state index contributed by atoms with van der Waals surface area (Å²) >= 11 is 0. The van der Waals surface area contributed by atoms with Crippen molar-refractivity contribution in [1.29, 1.82) is 0 Å². The Morgan fingerprint density at radius 1 is 1.40 bits per heavy atom. The minimum Gasteiger partial charge on any atom is -0.424 e. The molecule has 5 nitrogen and oxygen atoms in total. The van der Waals surface area contributed by atoms with Gasteiger partial charge in [-0.2, -0.15) is 4.98 Å². The first kappa shape index (κ1) is 13.2. The molecule has 2 aromatic rings. The molecule has 0 spiro atoms. The van der Waals surface area contributed by atoms with Gasteiger partial charge in [0.15, 0.2) is 5.58 Å². The number of nitrogens with two attached hydrogens (primary N) is 1. The van der Waals surface area contributed by atoms with Gasteiger partial charge in [0.2, 0.25) is 0 Å². The Balaban J connectivity index is 1.57. The largest absolute Gasteiger partial charge is 0.424 e. The first-order chi connectivity index (χ1) is 9.74. The van der Waals surface area contributed by atoms with Crippen LogP contribution in [0.1, 0.15) is 19.8 Å². The first-order valence-electron chi connectivity index (χ1n) is 7.37. The zero-order valence-corrected chi connectivity index (χ0v) is 11.9. The number of piperidine rings is 1. The van der Waals surface area contributed by atoms with Gasteiger partial charge in [-0.3, -0.25) is 0 Å². The van der Waals surface area contributed by atoms with Crippen LogP contribution in [0.4, 0.5) is 11.7 Å². The van der Waals surface area contributed by atoms with Crippen LogP contribution >= 0.6 is 0 Å². The molecule has 108 valence electrons. The fourth-order valence-electron chi connectivity index (χ4n) is 2.76. The van der Waals surface area contributed by atoms with Gasteiger partial charge >= 0.3 is 0 Å². The molecule has 0 aliphatic carbocycles. The fraction of sp³-hybridized carbons (Fsp3) is 0.533. The summed E-state index contributed by atoms with van der Waals surface area (Å²) in [6.07, 6.45) is 2.49. The summed E-state index contributed by atoms with van der Waals surface area (Å²) in [6.45, 7) is 6.72. The molecule has 3 N–H and O–H groups in total. The van der Waals surface area contributed by atoms with E-state index >= 15 is 0 Å². The Morgan fingerprint density at radius 3 is 2.95 bits per heavy atom. The highest BCUT2D eigenvalue weighted by atomic mass is 16.4. The van der Waals surface area contributed by atoms with E-state index in [1.165, 1.54) is 25.9 Å². The van der Waals surface area contributed by atoms with Gasteiger partial charge in [0.25, 0.3) is 6.01 Å². The Morgan fingerprint density at radius 2 is 2.20 bits per heavy atom. The van der Waals surface area contributed by atoms with Crippen LogP contribution in [0.2, 0.25) is 0 Å². The smallest absolute Gasteiger partial charge is 0.295 e. The Bertz CT molecular complexity index is 572. The maximum absolute atomic E-state index is 5.74. The lowest BCUT2D eigenvalue weighted by Gasteiger charge is -2.30. The van der Waals surface area contributed by atoms with Crippen molar-refractivity contribution < 1.29 is 4.42 Å². The van der Waals surface area contributed by atoms with Crippen molar-refractivity contribution in [3.63, 3.8) is 0 Å². The quantitative estimate of drug-likeness (QED) is 0.839. The van der Waals surface area contributed by atoms with Crippen LogP contribution in [-0.4, -0.2) is 36.1 Å². The number of nitrogens with one attached hydrogen (secondary N) is 1. The number of oxazole rings is 1. The van der Waals surface area contributed by atoms with E-state index in [-0.39, 0.29) is 0 Å². The van der Waals surface area contributed by atoms with Gasteiger partial charge in [-0.25, -0.2) is 0 Å². The first-order valence-corrected chi connectivity index (χ1v) is 7.37. The zero-order valence-electron chi connectivity index (χ0n) is 11.9. The lowest BCUT2D eigenvalue weighted by atomic mass is 9.97. The predicted octanol–water partition coefficient (Wildman–Crippen LogP) is 2.55. The number of fused-ring (bicyclic) bond motifs is 1.